The predicted molar refractivity (Wildman–Crippen MR) is 73.9 cm³/mol. The first-order valence-electron chi connectivity index (χ1n) is 5.80. The maximum absolute atomic E-state index is 5.95. The van der Waals surface area contributed by atoms with Crippen molar-refractivity contribution in [3.8, 4) is 0 Å². The monoisotopic (exact) mass is 260 g/mol. The second-order valence-electron chi connectivity index (χ2n) is 4.31. The summed E-state index contributed by atoms with van der Waals surface area (Å²) in [6, 6.07) is 6.03. The SMILES string of the molecule is CN[C@H](C)c1nc2ccc3cc(Cl)[nH]cc3c2n1. The van der Waals surface area contributed by atoms with Gasteiger partial charge in [0.1, 0.15) is 16.5 Å². The number of aromatic nitrogens is 3. The van der Waals surface area contributed by atoms with Gasteiger partial charge in [0.15, 0.2) is 0 Å². The third-order valence-corrected chi connectivity index (χ3v) is 3.37. The quantitative estimate of drug-likeness (QED) is 0.697. The van der Waals surface area contributed by atoms with E-state index in [4.69, 9.17) is 11.6 Å². The fourth-order valence-corrected chi connectivity index (χ4v) is 2.17. The Morgan fingerprint density at radius 1 is 1.33 bits per heavy atom. The molecule has 3 rings (SSSR count). The number of pyridine rings is 1. The van der Waals surface area contributed by atoms with Gasteiger partial charge in [-0.25, -0.2) is 9.97 Å². The molecule has 0 radical (unpaired) electrons. The molecule has 0 aliphatic carbocycles. The first kappa shape index (κ1) is 11.4. The Bertz CT molecular complexity index is 719. The molecule has 18 heavy (non-hydrogen) atoms. The third-order valence-electron chi connectivity index (χ3n) is 3.15. The standard InChI is InChI=1S/C13H13ClN4/c1-7(15-2)13-17-10-4-3-8-5-11(14)16-6-9(8)12(10)18-13/h3-7,15-16H,1-2H3/t7-/m1/s1. The molecule has 0 fully saturated rings. The topological polar surface area (TPSA) is 53.6 Å². The van der Waals surface area contributed by atoms with Crippen molar-refractivity contribution >= 4 is 33.4 Å². The Morgan fingerprint density at radius 2 is 2.17 bits per heavy atom. The molecule has 1 aromatic carbocycles. The third kappa shape index (κ3) is 1.74. The summed E-state index contributed by atoms with van der Waals surface area (Å²) in [5, 5.41) is 5.87. The van der Waals surface area contributed by atoms with Crippen LogP contribution in [0.2, 0.25) is 5.15 Å². The number of imidazole rings is 1. The van der Waals surface area contributed by atoms with Gasteiger partial charge in [-0.2, -0.15) is 0 Å². The molecule has 3 aromatic rings. The molecular formula is C13H13ClN4. The van der Waals surface area contributed by atoms with Crippen LogP contribution in [0.1, 0.15) is 18.8 Å². The molecule has 2 aromatic heterocycles. The van der Waals surface area contributed by atoms with Crippen LogP contribution in [0.5, 0.6) is 0 Å². The molecule has 0 unspecified atom stereocenters. The van der Waals surface area contributed by atoms with Gasteiger partial charge >= 0.3 is 0 Å². The summed E-state index contributed by atoms with van der Waals surface area (Å²) in [7, 11) is 1.90. The zero-order valence-corrected chi connectivity index (χ0v) is 10.9. The van der Waals surface area contributed by atoms with Gasteiger partial charge in [-0.15, -0.1) is 0 Å². The molecule has 2 N–H and O–H groups in total. The highest BCUT2D eigenvalue weighted by molar-refractivity contribution is 6.30. The zero-order chi connectivity index (χ0) is 12.7. The molecule has 0 saturated carbocycles. The summed E-state index contributed by atoms with van der Waals surface area (Å²) in [4.78, 5) is 12.1. The Labute approximate surface area is 109 Å². The number of aromatic amines is 1. The van der Waals surface area contributed by atoms with Crippen molar-refractivity contribution in [3.05, 3.63) is 35.4 Å². The van der Waals surface area contributed by atoms with Crippen LogP contribution in [0.25, 0.3) is 21.8 Å². The molecule has 4 nitrogen and oxygen atoms in total. The second-order valence-corrected chi connectivity index (χ2v) is 4.72. The van der Waals surface area contributed by atoms with E-state index < -0.39 is 0 Å². The van der Waals surface area contributed by atoms with Crippen LogP contribution in [0.4, 0.5) is 0 Å². The predicted octanol–water partition coefficient (Wildman–Crippen LogP) is 3.04. The summed E-state index contributed by atoms with van der Waals surface area (Å²) in [6.45, 7) is 2.04. The average Bonchev–Trinajstić information content (AvgIpc) is 2.81. The van der Waals surface area contributed by atoms with Crippen LogP contribution in [0, 0.1) is 0 Å². The highest BCUT2D eigenvalue weighted by Crippen LogP contribution is 2.25. The molecule has 0 bridgehead atoms. The first-order valence-corrected chi connectivity index (χ1v) is 6.18. The van der Waals surface area contributed by atoms with Crippen molar-refractivity contribution in [3.63, 3.8) is 0 Å². The van der Waals surface area contributed by atoms with Gasteiger partial charge < -0.3 is 10.3 Å². The highest BCUT2D eigenvalue weighted by Gasteiger charge is 2.12. The van der Waals surface area contributed by atoms with E-state index in [1.54, 1.807) is 0 Å². The van der Waals surface area contributed by atoms with Crippen LogP contribution in [0.3, 0.4) is 0 Å². The van der Waals surface area contributed by atoms with Crippen LogP contribution in [0.15, 0.2) is 24.4 Å². The lowest BCUT2D eigenvalue weighted by molar-refractivity contribution is 0.620. The molecule has 0 amide bonds. The second kappa shape index (κ2) is 4.23. The van der Waals surface area contributed by atoms with Crippen molar-refractivity contribution < 1.29 is 0 Å². The van der Waals surface area contributed by atoms with Gasteiger partial charge in [0.25, 0.3) is 0 Å². The number of nitrogens with one attached hydrogen (secondary N) is 2. The fraction of sp³-hybridized carbons (Fsp3) is 0.231. The lowest BCUT2D eigenvalue weighted by Crippen LogP contribution is -2.13. The number of rotatable bonds is 2. The normalized spacial score (nSPS) is 13.3. The Balaban J connectivity index is 2.30. The van der Waals surface area contributed by atoms with E-state index in [0.717, 1.165) is 27.6 Å². The summed E-state index contributed by atoms with van der Waals surface area (Å²) >= 11 is 5.95. The first-order chi connectivity index (χ1) is 8.69. The van der Waals surface area contributed by atoms with Crippen LogP contribution >= 0.6 is 11.6 Å². The number of hydrogen-bond donors (Lipinski definition) is 2. The lowest BCUT2D eigenvalue weighted by Gasteiger charge is -2.03. The molecular weight excluding hydrogens is 248 g/mol. The average molecular weight is 261 g/mol. The zero-order valence-electron chi connectivity index (χ0n) is 10.2. The lowest BCUT2D eigenvalue weighted by atomic mass is 10.1. The summed E-state index contributed by atoms with van der Waals surface area (Å²) in [6.07, 6.45) is 1.88. The number of halogens is 1. The number of nitrogens with zero attached hydrogens (tertiary/aromatic N) is 2. The number of benzene rings is 1. The van der Waals surface area contributed by atoms with E-state index >= 15 is 0 Å². The highest BCUT2D eigenvalue weighted by atomic mass is 35.5. The number of H-pyrrole nitrogens is 1. The van der Waals surface area contributed by atoms with Gasteiger partial charge in [0.2, 0.25) is 0 Å². The Kier molecular flexibility index (Phi) is 2.69. The van der Waals surface area contributed by atoms with E-state index in [0.29, 0.717) is 5.15 Å². The molecule has 2 heterocycles. The van der Waals surface area contributed by atoms with E-state index in [2.05, 4.69) is 20.3 Å². The maximum atomic E-state index is 5.95. The van der Waals surface area contributed by atoms with Crippen molar-refractivity contribution in [2.75, 3.05) is 7.05 Å². The molecule has 0 aliphatic heterocycles. The van der Waals surface area contributed by atoms with Gasteiger partial charge in [-0.1, -0.05) is 17.7 Å². The molecule has 1 atom stereocenters. The van der Waals surface area contributed by atoms with Gasteiger partial charge in [-0.05, 0) is 31.5 Å². The van der Waals surface area contributed by atoms with Crippen molar-refractivity contribution in [2.24, 2.45) is 0 Å². The fourth-order valence-electron chi connectivity index (χ4n) is 2.00. The van der Waals surface area contributed by atoms with Crippen molar-refractivity contribution in [2.45, 2.75) is 13.0 Å². The van der Waals surface area contributed by atoms with Crippen LogP contribution < -0.4 is 5.32 Å². The van der Waals surface area contributed by atoms with Crippen LogP contribution in [-0.2, 0) is 0 Å². The van der Waals surface area contributed by atoms with Gasteiger partial charge in [0.05, 0.1) is 11.6 Å². The summed E-state index contributed by atoms with van der Waals surface area (Å²) in [5.74, 6) is 0.815. The molecule has 0 spiro atoms. The number of fused-ring (bicyclic) bond motifs is 3. The minimum Gasteiger partial charge on any atom is -0.352 e. The van der Waals surface area contributed by atoms with Crippen LogP contribution in [-0.4, -0.2) is 22.0 Å². The van der Waals surface area contributed by atoms with Gasteiger partial charge in [0, 0.05) is 11.6 Å². The van der Waals surface area contributed by atoms with E-state index in [-0.39, 0.29) is 6.04 Å². The van der Waals surface area contributed by atoms with Gasteiger partial charge in [-0.3, -0.25) is 0 Å². The van der Waals surface area contributed by atoms with Crippen molar-refractivity contribution in [1.29, 1.82) is 0 Å². The van der Waals surface area contributed by atoms with E-state index in [1.807, 2.05) is 38.4 Å². The summed E-state index contributed by atoms with van der Waals surface area (Å²) in [5.41, 5.74) is 1.83. The van der Waals surface area contributed by atoms with E-state index in [9.17, 15) is 0 Å². The molecule has 0 saturated heterocycles. The maximum Gasteiger partial charge on any atom is 0.146 e. The molecule has 92 valence electrons. The largest absolute Gasteiger partial charge is 0.352 e. The minimum atomic E-state index is 0.142. The Hall–Kier alpha value is -1.65. The van der Waals surface area contributed by atoms with Crippen molar-refractivity contribution in [1.82, 2.24) is 20.3 Å². The van der Waals surface area contributed by atoms with E-state index in [1.165, 1.54) is 0 Å². The molecule has 0 aliphatic rings. The molecule has 5 heteroatoms. The minimum absolute atomic E-state index is 0.142. The summed E-state index contributed by atoms with van der Waals surface area (Å²) < 4.78 is 0. The smallest absolute Gasteiger partial charge is 0.146 e. The number of hydrogen-bond acceptors (Lipinski definition) is 3. The Morgan fingerprint density at radius 3 is 2.94 bits per heavy atom.